The summed E-state index contributed by atoms with van der Waals surface area (Å²) in [4.78, 5) is 0. The Balaban J connectivity index is 0.000000845. The van der Waals surface area contributed by atoms with Gasteiger partial charge in [-0.2, -0.15) is 0 Å². The second-order valence-electron chi connectivity index (χ2n) is 2.67. The van der Waals surface area contributed by atoms with Crippen LogP contribution < -0.4 is 113 Å². The Bertz CT molecular complexity index is 393. The van der Waals surface area contributed by atoms with Crippen molar-refractivity contribution in [2.75, 3.05) is 0 Å². The summed E-state index contributed by atoms with van der Waals surface area (Å²) in [5, 5.41) is 23.4. The molecule has 0 aromatic heterocycles. The number of hydrogen-bond donors (Lipinski definition) is 0. The molecule has 0 radical (unpaired) electrons. The zero-order valence-electron chi connectivity index (χ0n) is 8.28. The Kier molecular flexibility index (Phi) is 7.79. The van der Waals surface area contributed by atoms with E-state index in [1.54, 1.807) is 12.1 Å². The Morgan fingerprint density at radius 1 is 0.643 bits per heavy atom. The fraction of sp³-hybridized carbons (Fsp3) is 0. The number of benzene rings is 2. The van der Waals surface area contributed by atoms with Gasteiger partial charge in [-0.1, -0.05) is 36.4 Å². The molecule has 0 unspecified atom stereocenters. The molecule has 0 atom stereocenters. The average Bonchev–Trinajstić information content (AvgIpc) is 2.03. The predicted octanol–water partition coefficient (Wildman–Crippen LogP) is -5.00. The van der Waals surface area contributed by atoms with Crippen LogP contribution in [0.5, 0.6) is 11.5 Å². The van der Waals surface area contributed by atoms with Crippen LogP contribution in [0, 0.1) is 0 Å². The maximum Gasteiger partial charge on any atom is 1.00 e. The van der Waals surface area contributed by atoms with Gasteiger partial charge in [0, 0.05) is 0 Å². The quantitative estimate of drug-likeness (QED) is 0.430. The SMILES string of the molecule is [K+].[K+].[O-]c1ccc2ccc([O-])cc2c1. The monoisotopic (exact) mass is 236 g/mol. The van der Waals surface area contributed by atoms with Crippen LogP contribution in [-0.4, -0.2) is 0 Å². The van der Waals surface area contributed by atoms with Gasteiger partial charge in [0.05, 0.1) is 0 Å². The minimum Gasteiger partial charge on any atom is -0.872 e. The first kappa shape index (κ1) is 15.6. The molecule has 2 rings (SSSR count). The predicted molar refractivity (Wildman–Crippen MR) is 42.8 cm³/mol. The molecule has 2 aromatic rings. The molecule has 0 aliphatic carbocycles. The molecule has 0 amide bonds. The summed E-state index contributed by atoms with van der Waals surface area (Å²) in [5.74, 6) is -0.124. The molecule has 14 heavy (non-hydrogen) atoms. The first-order chi connectivity index (χ1) is 5.75. The van der Waals surface area contributed by atoms with E-state index in [2.05, 4.69) is 0 Å². The summed E-state index contributed by atoms with van der Waals surface area (Å²) in [7, 11) is 0. The third-order valence-electron chi connectivity index (χ3n) is 1.78. The number of rotatable bonds is 0. The molecule has 0 saturated carbocycles. The van der Waals surface area contributed by atoms with E-state index in [-0.39, 0.29) is 114 Å². The van der Waals surface area contributed by atoms with Crippen LogP contribution >= 0.6 is 0 Å². The van der Waals surface area contributed by atoms with Crippen LogP contribution in [0.2, 0.25) is 0 Å². The van der Waals surface area contributed by atoms with Crippen LogP contribution in [0.4, 0.5) is 0 Å². The smallest absolute Gasteiger partial charge is 0.872 e. The van der Waals surface area contributed by atoms with Crippen molar-refractivity contribution in [1.82, 2.24) is 0 Å². The maximum absolute atomic E-state index is 10.9. The average molecular weight is 236 g/mol. The topological polar surface area (TPSA) is 46.1 Å². The Labute approximate surface area is 168 Å². The third kappa shape index (κ3) is 3.86. The summed E-state index contributed by atoms with van der Waals surface area (Å²) in [6.07, 6.45) is 0. The molecule has 0 bridgehead atoms. The molecule has 60 valence electrons. The van der Waals surface area contributed by atoms with Crippen molar-refractivity contribution >= 4 is 10.8 Å². The number of fused-ring (bicyclic) bond motifs is 1. The molecule has 0 saturated heterocycles. The summed E-state index contributed by atoms with van der Waals surface area (Å²) < 4.78 is 0. The summed E-state index contributed by atoms with van der Waals surface area (Å²) in [5.41, 5.74) is 0. The summed E-state index contributed by atoms with van der Waals surface area (Å²) in [6.45, 7) is 0. The van der Waals surface area contributed by atoms with Gasteiger partial charge in [0.15, 0.2) is 0 Å². The van der Waals surface area contributed by atoms with Crippen molar-refractivity contribution in [2.24, 2.45) is 0 Å². The van der Waals surface area contributed by atoms with Crippen molar-refractivity contribution in [3.05, 3.63) is 36.4 Å². The van der Waals surface area contributed by atoms with E-state index in [0.717, 1.165) is 10.8 Å². The largest absolute Gasteiger partial charge is 1.00 e. The van der Waals surface area contributed by atoms with Crippen LogP contribution in [0.1, 0.15) is 0 Å². The van der Waals surface area contributed by atoms with E-state index in [1.165, 1.54) is 24.3 Å². The zero-order valence-corrected chi connectivity index (χ0v) is 14.5. The van der Waals surface area contributed by atoms with Crippen LogP contribution in [0.25, 0.3) is 10.8 Å². The van der Waals surface area contributed by atoms with Gasteiger partial charge in [-0.15, -0.1) is 11.5 Å². The van der Waals surface area contributed by atoms with Gasteiger partial charge in [0.25, 0.3) is 0 Å². The van der Waals surface area contributed by atoms with Gasteiger partial charge < -0.3 is 10.2 Å². The van der Waals surface area contributed by atoms with Crippen LogP contribution in [0.3, 0.4) is 0 Å². The molecule has 0 spiro atoms. The molecule has 0 N–H and O–H groups in total. The third-order valence-corrected chi connectivity index (χ3v) is 1.78. The normalized spacial score (nSPS) is 8.86. The first-order valence-electron chi connectivity index (χ1n) is 3.63. The minimum absolute atomic E-state index is 0. The molecule has 0 aliphatic heterocycles. The van der Waals surface area contributed by atoms with E-state index in [1.807, 2.05) is 0 Å². The summed E-state index contributed by atoms with van der Waals surface area (Å²) >= 11 is 0. The van der Waals surface area contributed by atoms with Crippen molar-refractivity contribution in [1.29, 1.82) is 0 Å². The molecule has 0 aliphatic rings. The van der Waals surface area contributed by atoms with E-state index in [4.69, 9.17) is 0 Å². The van der Waals surface area contributed by atoms with E-state index in [0.29, 0.717) is 0 Å². The van der Waals surface area contributed by atoms with E-state index < -0.39 is 0 Å². The Hall–Kier alpha value is 1.57. The van der Waals surface area contributed by atoms with Crippen molar-refractivity contribution < 1.29 is 113 Å². The number of hydrogen-bond acceptors (Lipinski definition) is 2. The van der Waals surface area contributed by atoms with E-state index >= 15 is 0 Å². The zero-order chi connectivity index (χ0) is 8.55. The molecule has 0 fully saturated rings. The minimum atomic E-state index is -0.0619. The molecule has 2 aromatic carbocycles. The van der Waals surface area contributed by atoms with Gasteiger partial charge in [0.2, 0.25) is 0 Å². The first-order valence-corrected chi connectivity index (χ1v) is 3.63. The molecule has 4 heteroatoms. The van der Waals surface area contributed by atoms with E-state index in [9.17, 15) is 10.2 Å². The summed E-state index contributed by atoms with van der Waals surface area (Å²) in [6, 6.07) is 9.36. The van der Waals surface area contributed by atoms with Crippen LogP contribution in [0.15, 0.2) is 36.4 Å². The fourth-order valence-electron chi connectivity index (χ4n) is 1.20. The Morgan fingerprint density at radius 2 is 1.07 bits per heavy atom. The fourth-order valence-corrected chi connectivity index (χ4v) is 1.20. The van der Waals surface area contributed by atoms with Crippen LogP contribution in [-0.2, 0) is 0 Å². The second kappa shape index (κ2) is 7.01. The van der Waals surface area contributed by atoms with Crippen molar-refractivity contribution in [3.63, 3.8) is 0 Å². The van der Waals surface area contributed by atoms with Gasteiger partial charge in [0.1, 0.15) is 0 Å². The van der Waals surface area contributed by atoms with Crippen molar-refractivity contribution in [3.8, 4) is 11.5 Å². The second-order valence-corrected chi connectivity index (χ2v) is 2.67. The maximum atomic E-state index is 10.9. The molecular weight excluding hydrogens is 230 g/mol. The molecule has 0 heterocycles. The Morgan fingerprint density at radius 3 is 1.50 bits per heavy atom. The standard InChI is InChI=1S/C10H8O2.2K/c11-9-3-1-7-2-4-10(12)6-8(7)5-9;;/h1-6,11-12H;;/q;2*+1/p-2. The van der Waals surface area contributed by atoms with Gasteiger partial charge >= 0.3 is 103 Å². The van der Waals surface area contributed by atoms with Gasteiger partial charge in [-0.05, 0) is 10.8 Å². The molecular formula is C10H6K2O2. The van der Waals surface area contributed by atoms with Crippen molar-refractivity contribution in [2.45, 2.75) is 0 Å². The van der Waals surface area contributed by atoms with Gasteiger partial charge in [-0.3, -0.25) is 0 Å². The van der Waals surface area contributed by atoms with Gasteiger partial charge in [-0.25, -0.2) is 0 Å². The molecule has 2 nitrogen and oxygen atoms in total.